The van der Waals surface area contributed by atoms with Crippen molar-refractivity contribution < 1.29 is 19.4 Å². The van der Waals surface area contributed by atoms with Gasteiger partial charge in [-0.25, -0.2) is 0 Å². The summed E-state index contributed by atoms with van der Waals surface area (Å²) in [7, 11) is 0. The summed E-state index contributed by atoms with van der Waals surface area (Å²) in [5.74, 6) is 2.14. The van der Waals surface area contributed by atoms with Crippen LogP contribution in [0.5, 0.6) is 5.75 Å². The smallest absolute Gasteiger partial charge is 0.265 e. The van der Waals surface area contributed by atoms with Crippen LogP contribution in [0.3, 0.4) is 0 Å². The Balaban J connectivity index is 1.93. The van der Waals surface area contributed by atoms with Crippen LogP contribution in [-0.2, 0) is 10.4 Å². The summed E-state index contributed by atoms with van der Waals surface area (Å²) in [4.78, 5) is 27.0. The number of carbonyl (C=O) groups is 2. The number of hydrogen-bond donors (Lipinski definition) is 1. The summed E-state index contributed by atoms with van der Waals surface area (Å²) in [6.45, 7) is 2.42. The predicted molar refractivity (Wildman–Crippen MR) is 106 cm³/mol. The molecular formula is C21H18BrNO4. The van der Waals surface area contributed by atoms with Crippen molar-refractivity contribution in [3.8, 4) is 18.1 Å². The van der Waals surface area contributed by atoms with Crippen molar-refractivity contribution in [2.24, 2.45) is 0 Å². The third kappa shape index (κ3) is 3.48. The highest BCUT2D eigenvalue weighted by Gasteiger charge is 2.50. The highest BCUT2D eigenvalue weighted by molar-refractivity contribution is 9.10. The summed E-state index contributed by atoms with van der Waals surface area (Å²) in [6, 6.07) is 11.7. The van der Waals surface area contributed by atoms with Crippen LogP contribution >= 0.6 is 15.9 Å². The summed E-state index contributed by atoms with van der Waals surface area (Å²) >= 11 is 3.35. The van der Waals surface area contributed by atoms with Gasteiger partial charge in [-0.15, -0.1) is 6.42 Å². The van der Waals surface area contributed by atoms with E-state index in [1.165, 1.54) is 4.90 Å². The molecule has 5 nitrogen and oxygen atoms in total. The number of ether oxygens (including phenoxy) is 1. The second-order valence-corrected chi connectivity index (χ2v) is 7.09. The van der Waals surface area contributed by atoms with Gasteiger partial charge in [0.2, 0.25) is 0 Å². The van der Waals surface area contributed by atoms with Gasteiger partial charge in [-0.3, -0.25) is 14.5 Å². The van der Waals surface area contributed by atoms with E-state index in [1.807, 2.05) is 6.92 Å². The summed E-state index contributed by atoms with van der Waals surface area (Å²) in [5.41, 5.74) is -0.669. The molecule has 1 heterocycles. The third-order valence-electron chi connectivity index (χ3n) is 4.45. The van der Waals surface area contributed by atoms with Gasteiger partial charge in [0.15, 0.2) is 11.4 Å². The predicted octanol–water partition coefficient (Wildman–Crippen LogP) is 3.29. The number of halogens is 1. The van der Waals surface area contributed by atoms with Gasteiger partial charge in [0.1, 0.15) is 5.75 Å². The van der Waals surface area contributed by atoms with E-state index in [1.54, 1.807) is 42.5 Å². The van der Waals surface area contributed by atoms with Crippen LogP contribution in [0.15, 0.2) is 46.9 Å². The number of Topliss-reactive ketones (excluding diaryl/α,β-unsaturated/α-hetero) is 1. The molecule has 0 bridgehead atoms. The normalized spacial score (nSPS) is 18.1. The number of aliphatic hydroxyl groups is 1. The van der Waals surface area contributed by atoms with Crippen molar-refractivity contribution >= 4 is 33.3 Å². The van der Waals surface area contributed by atoms with Crippen LogP contribution in [-0.4, -0.2) is 29.9 Å². The minimum atomic E-state index is -1.95. The first-order chi connectivity index (χ1) is 12.9. The second kappa shape index (κ2) is 7.55. The van der Waals surface area contributed by atoms with Crippen LogP contribution in [0.1, 0.15) is 29.3 Å². The topological polar surface area (TPSA) is 66.8 Å². The highest BCUT2D eigenvalue weighted by Crippen LogP contribution is 2.44. The van der Waals surface area contributed by atoms with E-state index in [4.69, 9.17) is 11.2 Å². The Hall–Kier alpha value is -2.62. The Morgan fingerprint density at radius 1 is 1.30 bits per heavy atom. The van der Waals surface area contributed by atoms with Gasteiger partial charge < -0.3 is 9.84 Å². The van der Waals surface area contributed by atoms with Crippen LogP contribution < -0.4 is 9.64 Å². The Kier molecular flexibility index (Phi) is 5.36. The molecule has 6 heteroatoms. The van der Waals surface area contributed by atoms with Gasteiger partial charge in [0, 0.05) is 15.6 Å². The fourth-order valence-electron chi connectivity index (χ4n) is 3.18. The maximum absolute atomic E-state index is 12.9. The van der Waals surface area contributed by atoms with Gasteiger partial charge >= 0.3 is 0 Å². The zero-order valence-electron chi connectivity index (χ0n) is 14.7. The molecule has 1 atom stereocenters. The fraction of sp³-hybridized carbons (Fsp3) is 0.238. The van der Waals surface area contributed by atoms with Crippen LogP contribution in [0.4, 0.5) is 5.69 Å². The number of ketones is 1. The van der Waals surface area contributed by atoms with E-state index in [-0.39, 0.29) is 18.7 Å². The molecular weight excluding hydrogens is 410 g/mol. The Labute approximate surface area is 166 Å². The number of fused-ring (bicyclic) bond motifs is 1. The molecule has 2 aromatic carbocycles. The van der Waals surface area contributed by atoms with Gasteiger partial charge in [-0.2, -0.15) is 0 Å². The largest absolute Gasteiger partial charge is 0.494 e. The van der Waals surface area contributed by atoms with Crippen molar-refractivity contribution in [3.63, 3.8) is 0 Å². The number of rotatable bonds is 6. The first kappa shape index (κ1) is 19.2. The van der Waals surface area contributed by atoms with Crippen LogP contribution in [0.2, 0.25) is 0 Å². The number of benzene rings is 2. The molecule has 0 radical (unpaired) electrons. The molecule has 1 aliphatic heterocycles. The molecule has 1 N–H and O–H groups in total. The molecule has 0 aromatic heterocycles. The average molecular weight is 428 g/mol. The number of amides is 1. The van der Waals surface area contributed by atoms with Crippen LogP contribution in [0.25, 0.3) is 0 Å². The molecule has 0 fully saturated rings. The SMILES string of the molecule is C#CCN1C(=O)C(O)(CC(=O)c2ccc(OCC)cc2)c2cc(Br)ccc21. The molecule has 0 spiro atoms. The molecule has 1 amide bonds. The lowest BCUT2D eigenvalue weighted by Gasteiger charge is -2.22. The molecule has 1 aliphatic rings. The molecule has 0 aliphatic carbocycles. The molecule has 0 saturated carbocycles. The first-order valence-electron chi connectivity index (χ1n) is 8.44. The van der Waals surface area contributed by atoms with E-state index in [2.05, 4.69) is 21.9 Å². The van der Waals surface area contributed by atoms with E-state index in [0.717, 1.165) is 0 Å². The summed E-state index contributed by atoms with van der Waals surface area (Å²) in [6.07, 6.45) is 4.99. The lowest BCUT2D eigenvalue weighted by atomic mass is 9.88. The van der Waals surface area contributed by atoms with Gasteiger partial charge in [-0.05, 0) is 49.4 Å². The standard InChI is InChI=1S/C21H18BrNO4/c1-3-11-23-18-10-7-15(22)12-17(18)21(26,20(23)25)13-19(24)14-5-8-16(9-6-14)27-4-2/h1,5-10,12,26H,4,11,13H2,2H3. The van der Waals surface area contributed by atoms with E-state index >= 15 is 0 Å². The van der Waals surface area contributed by atoms with E-state index < -0.39 is 11.5 Å². The monoisotopic (exact) mass is 427 g/mol. The number of terminal acetylenes is 1. The van der Waals surface area contributed by atoms with Gasteiger partial charge in [-0.1, -0.05) is 21.9 Å². The van der Waals surface area contributed by atoms with Crippen molar-refractivity contribution in [2.45, 2.75) is 18.9 Å². The zero-order valence-corrected chi connectivity index (χ0v) is 16.3. The highest BCUT2D eigenvalue weighted by atomic mass is 79.9. The number of nitrogens with zero attached hydrogens (tertiary/aromatic N) is 1. The average Bonchev–Trinajstić information content (AvgIpc) is 2.84. The second-order valence-electron chi connectivity index (χ2n) is 6.17. The van der Waals surface area contributed by atoms with E-state index in [9.17, 15) is 14.7 Å². The minimum absolute atomic E-state index is 0.0209. The first-order valence-corrected chi connectivity index (χ1v) is 9.24. The fourth-order valence-corrected chi connectivity index (χ4v) is 3.54. The molecule has 27 heavy (non-hydrogen) atoms. The molecule has 2 aromatic rings. The number of anilines is 1. The summed E-state index contributed by atoms with van der Waals surface area (Å²) in [5, 5.41) is 11.2. The maximum atomic E-state index is 12.9. The van der Waals surface area contributed by atoms with Gasteiger partial charge in [0.25, 0.3) is 5.91 Å². The van der Waals surface area contributed by atoms with Crippen molar-refractivity contribution in [2.75, 3.05) is 18.1 Å². The number of carbonyl (C=O) groups excluding carboxylic acids is 2. The third-order valence-corrected chi connectivity index (χ3v) is 4.94. The molecule has 138 valence electrons. The lowest BCUT2D eigenvalue weighted by molar-refractivity contribution is -0.135. The Bertz CT molecular complexity index is 932. The van der Waals surface area contributed by atoms with Crippen molar-refractivity contribution in [3.05, 3.63) is 58.1 Å². The van der Waals surface area contributed by atoms with Crippen LogP contribution in [0, 0.1) is 12.3 Å². The molecule has 3 rings (SSSR count). The molecule has 0 saturated heterocycles. The zero-order chi connectivity index (χ0) is 19.6. The molecule has 1 unspecified atom stereocenters. The summed E-state index contributed by atoms with van der Waals surface area (Å²) < 4.78 is 6.06. The lowest BCUT2D eigenvalue weighted by Crippen LogP contribution is -2.42. The van der Waals surface area contributed by atoms with Crippen molar-refractivity contribution in [1.82, 2.24) is 0 Å². The minimum Gasteiger partial charge on any atom is -0.494 e. The number of hydrogen-bond acceptors (Lipinski definition) is 4. The van der Waals surface area contributed by atoms with Gasteiger partial charge in [0.05, 0.1) is 25.3 Å². The Morgan fingerprint density at radius 3 is 2.63 bits per heavy atom. The maximum Gasteiger partial charge on any atom is 0.265 e. The van der Waals surface area contributed by atoms with Crippen molar-refractivity contribution in [1.29, 1.82) is 0 Å². The Morgan fingerprint density at radius 2 is 2.00 bits per heavy atom. The quantitative estimate of drug-likeness (QED) is 0.567. The van der Waals surface area contributed by atoms with E-state index in [0.29, 0.717) is 33.6 Å².